The Morgan fingerprint density at radius 2 is 2.24 bits per heavy atom. The smallest absolute Gasteiger partial charge is 0.321 e. The Kier molecular flexibility index (Phi) is 5.11. The summed E-state index contributed by atoms with van der Waals surface area (Å²) in [6, 6.07) is 1.18. The van der Waals surface area contributed by atoms with Crippen molar-refractivity contribution in [2.75, 3.05) is 14.1 Å². The van der Waals surface area contributed by atoms with Crippen molar-refractivity contribution in [3.8, 4) is 0 Å². The first-order valence-electron chi connectivity index (χ1n) is 5.28. The molecule has 1 rings (SSSR count). The summed E-state index contributed by atoms with van der Waals surface area (Å²) >= 11 is 1.62. The van der Waals surface area contributed by atoms with Crippen LogP contribution >= 0.6 is 11.3 Å². The van der Waals surface area contributed by atoms with Gasteiger partial charge in [0.2, 0.25) is 5.91 Å². The van der Waals surface area contributed by atoms with Gasteiger partial charge in [-0.05, 0) is 36.4 Å². The Morgan fingerprint density at radius 1 is 1.53 bits per heavy atom. The summed E-state index contributed by atoms with van der Waals surface area (Å²) in [5, 5.41) is 8.65. The van der Waals surface area contributed by atoms with Crippen molar-refractivity contribution in [3.63, 3.8) is 0 Å². The highest BCUT2D eigenvalue weighted by Gasteiger charge is 2.19. The minimum absolute atomic E-state index is 0.304. The number of amides is 3. The van der Waals surface area contributed by atoms with Crippen molar-refractivity contribution in [2.45, 2.75) is 19.5 Å². The summed E-state index contributed by atoms with van der Waals surface area (Å²) < 4.78 is 0. The first-order valence-corrected chi connectivity index (χ1v) is 6.22. The minimum atomic E-state index is -0.481. The zero-order valence-corrected chi connectivity index (χ0v) is 11.0. The molecule has 6 heteroatoms. The summed E-state index contributed by atoms with van der Waals surface area (Å²) in [6.45, 7) is 2.45. The molecule has 5 nitrogen and oxygen atoms in total. The minimum Gasteiger partial charge on any atom is -0.341 e. The molecule has 1 aromatic heterocycles. The molecule has 0 spiro atoms. The van der Waals surface area contributed by atoms with Crippen LogP contribution in [0.25, 0.3) is 0 Å². The van der Waals surface area contributed by atoms with Gasteiger partial charge in [-0.2, -0.15) is 11.3 Å². The summed E-state index contributed by atoms with van der Waals surface area (Å²) in [7, 11) is 3.33. The molecule has 2 N–H and O–H groups in total. The largest absolute Gasteiger partial charge is 0.341 e. The zero-order valence-electron chi connectivity index (χ0n) is 10.2. The number of thiophene rings is 1. The van der Waals surface area contributed by atoms with Crippen LogP contribution in [0.15, 0.2) is 16.8 Å². The molecule has 94 valence electrons. The molecule has 3 amide bonds. The molecular formula is C11H17N3O2S. The van der Waals surface area contributed by atoms with E-state index in [1.807, 2.05) is 28.8 Å². The van der Waals surface area contributed by atoms with Crippen LogP contribution in [0.3, 0.4) is 0 Å². The highest BCUT2D eigenvalue weighted by molar-refractivity contribution is 7.07. The third kappa shape index (κ3) is 4.16. The monoisotopic (exact) mass is 255 g/mol. The van der Waals surface area contributed by atoms with E-state index in [0.717, 1.165) is 5.56 Å². The fourth-order valence-electron chi connectivity index (χ4n) is 1.29. The summed E-state index contributed by atoms with van der Waals surface area (Å²) in [6.07, 6.45) is 0. The molecule has 0 aliphatic rings. The molecule has 0 saturated heterocycles. The van der Waals surface area contributed by atoms with E-state index < -0.39 is 6.03 Å². The van der Waals surface area contributed by atoms with E-state index in [2.05, 4.69) is 10.6 Å². The Bertz CT molecular complexity index is 378. The lowest BCUT2D eigenvalue weighted by molar-refractivity contribution is -0.124. The van der Waals surface area contributed by atoms with Crippen LogP contribution in [0.1, 0.15) is 12.5 Å². The fourth-order valence-corrected chi connectivity index (χ4v) is 1.95. The maximum absolute atomic E-state index is 11.7. The highest BCUT2D eigenvalue weighted by atomic mass is 32.1. The predicted molar refractivity (Wildman–Crippen MR) is 67.8 cm³/mol. The quantitative estimate of drug-likeness (QED) is 0.844. The van der Waals surface area contributed by atoms with Gasteiger partial charge in [0.25, 0.3) is 0 Å². The van der Waals surface area contributed by atoms with Crippen molar-refractivity contribution in [1.82, 2.24) is 15.5 Å². The van der Waals surface area contributed by atoms with E-state index in [1.165, 1.54) is 7.05 Å². The number of hydrogen-bond acceptors (Lipinski definition) is 4. The molecule has 0 fully saturated rings. The van der Waals surface area contributed by atoms with Crippen molar-refractivity contribution < 1.29 is 9.59 Å². The van der Waals surface area contributed by atoms with Crippen molar-refractivity contribution in [3.05, 3.63) is 22.4 Å². The zero-order chi connectivity index (χ0) is 12.8. The average Bonchev–Trinajstić information content (AvgIpc) is 2.80. The number of urea groups is 1. The Morgan fingerprint density at radius 3 is 2.76 bits per heavy atom. The van der Waals surface area contributed by atoms with Gasteiger partial charge < -0.3 is 5.32 Å². The van der Waals surface area contributed by atoms with E-state index in [4.69, 9.17) is 0 Å². The van der Waals surface area contributed by atoms with Crippen molar-refractivity contribution >= 4 is 23.3 Å². The molecule has 1 heterocycles. The molecule has 0 saturated carbocycles. The second-order valence-corrected chi connectivity index (χ2v) is 4.57. The highest BCUT2D eigenvalue weighted by Crippen LogP contribution is 2.10. The SMILES string of the molecule is CNC(=O)NC(=O)[C@H](C)N(C)Cc1ccsc1. The molecule has 17 heavy (non-hydrogen) atoms. The third-order valence-corrected chi connectivity index (χ3v) is 3.25. The normalized spacial score (nSPS) is 12.2. The van der Waals surface area contributed by atoms with Gasteiger partial charge in [-0.3, -0.25) is 15.0 Å². The van der Waals surface area contributed by atoms with Gasteiger partial charge in [0.1, 0.15) is 0 Å². The molecule has 1 aromatic rings. The molecule has 0 aliphatic heterocycles. The number of nitrogens with one attached hydrogen (secondary N) is 2. The fraction of sp³-hybridized carbons (Fsp3) is 0.455. The third-order valence-electron chi connectivity index (χ3n) is 2.52. The van der Waals surface area contributed by atoms with Gasteiger partial charge in [-0.15, -0.1) is 0 Å². The average molecular weight is 255 g/mol. The Balaban J connectivity index is 2.48. The standard InChI is InChI=1S/C11H17N3O2S/c1-8(10(15)13-11(16)12-2)14(3)6-9-4-5-17-7-9/h4-5,7-8H,6H2,1-3H3,(H2,12,13,15,16)/t8-/m0/s1. The number of imide groups is 1. The van der Waals surface area contributed by atoms with Crippen LogP contribution in [0.5, 0.6) is 0 Å². The van der Waals surface area contributed by atoms with Gasteiger partial charge >= 0.3 is 6.03 Å². The molecule has 0 unspecified atom stereocenters. The number of rotatable bonds is 4. The first kappa shape index (κ1) is 13.7. The van der Waals surface area contributed by atoms with Crippen LogP contribution < -0.4 is 10.6 Å². The number of carbonyl (C=O) groups excluding carboxylic acids is 2. The topological polar surface area (TPSA) is 61.4 Å². The maximum Gasteiger partial charge on any atom is 0.321 e. The Labute approximate surface area is 105 Å². The molecule has 0 bridgehead atoms. The van der Waals surface area contributed by atoms with Crippen LogP contribution in [0.4, 0.5) is 4.79 Å². The molecule has 0 aliphatic carbocycles. The van der Waals surface area contributed by atoms with Crippen LogP contribution in [0.2, 0.25) is 0 Å². The maximum atomic E-state index is 11.7. The van der Waals surface area contributed by atoms with Crippen LogP contribution in [-0.2, 0) is 11.3 Å². The molecule has 1 atom stereocenters. The van der Waals surface area contributed by atoms with E-state index >= 15 is 0 Å². The van der Waals surface area contributed by atoms with Crippen molar-refractivity contribution in [1.29, 1.82) is 0 Å². The molecular weight excluding hydrogens is 238 g/mol. The van der Waals surface area contributed by atoms with E-state index in [1.54, 1.807) is 18.3 Å². The van der Waals surface area contributed by atoms with Gasteiger partial charge in [-0.1, -0.05) is 0 Å². The lowest BCUT2D eigenvalue weighted by Gasteiger charge is -2.22. The second kappa shape index (κ2) is 6.36. The Hall–Kier alpha value is -1.40. The lowest BCUT2D eigenvalue weighted by atomic mass is 10.2. The summed E-state index contributed by atoms with van der Waals surface area (Å²) in [4.78, 5) is 24.6. The second-order valence-electron chi connectivity index (χ2n) is 3.79. The van der Waals surface area contributed by atoms with Gasteiger partial charge in [-0.25, -0.2) is 4.79 Å². The summed E-state index contributed by atoms with van der Waals surface area (Å²) in [5.74, 6) is -0.304. The predicted octanol–water partition coefficient (Wildman–Crippen LogP) is 1.02. The summed E-state index contributed by atoms with van der Waals surface area (Å²) in [5.41, 5.74) is 1.16. The first-order chi connectivity index (χ1) is 8.04. The van der Waals surface area contributed by atoms with E-state index in [-0.39, 0.29) is 11.9 Å². The van der Waals surface area contributed by atoms with Gasteiger partial charge in [0, 0.05) is 13.6 Å². The number of nitrogens with zero attached hydrogens (tertiary/aromatic N) is 1. The molecule has 0 radical (unpaired) electrons. The van der Waals surface area contributed by atoms with Gasteiger partial charge in [0.15, 0.2) is 0 Å². The van der Waals surface area contributed by atoms with E-state index in [9.17, 15) is 9.59 Å². The number of hydrogen-bond donors (Lipinski definition) is 2. The van der Waals surface area contributed by atoms with Crippen LogP contribution in [0, 0.1) is 0 Å². The number of likely N-dealkylation sites (N-methyl/N-ethyl adjacent to an activating group) is 1. The van der Waals surface area contributed by atoms with Crippen LogP contribution in [-0.4, -0.2) is 37.0 Å². The lowest BCUT2D eigenvalue weighted by Crippen LogP contribution is -2.47. The van der Waals surface area contributed by atoms with E-state index in [0.29, 0.717) is 6.54 Å². The van der Waals surface area contributed by atoms with Gasteiger partial charge in [0.05, 0.1) is 6.04 Å². The molecule has 0 aromatic carbocycles. The van der Waals surface area contributed by atoms with Crippen molar-refractivity contribution in [2.24, 2.45) is 0 Å². The number of carbonyl (C=O) groups is 2.